The quantitative estimate of drug-likeness (QED) is 0.345. The van der Waals surface area contributed by atoms with Crippen LogP contribution in [0.5, 0.6) is 5.88 Å². The van der Waals surface area contributed by atoms with Crippen molar-refractivity contribution in [3.8, 4) is 17.3 Å². The molecular weight excluding hydrogens is 530 g/mol. The number of aromatic nitrogens is 4. The first-order valence-electron chi connectivity index (χ1n) is 12.7. The van der Waals surface area contributed by atoms with Crippen LogP contribution in [0.1, 0.15) is 63.6 Å². The van der Waals surface area contributed by atoms with E-state index in [0.29, 0.717) is 45.2 Å². The molecule has 0 spiro atoms. The highest BCUT2D eigenvalue weighted by Crippen LogP contribution is 2.46. The Hall–Kier alpha value is -4.44. The van der Waals surface area contributed by atoms with E-state index >= 15 is 0 Å². The number of nitrogens with zero attached hydrogens (tertiary/aromatic N) is 6. The van der Waals surface area contributed by atoms with Crippen LogP contribution in [-0.2, 0) is 0 Å². The molecule has 40 heavy (non-hydrogen) atoms. The van der Waals surface area contributed by atoms with E-state index in [1.165, 1.54) is 0 Å². The van der Waals surface area contributed by atoms with Gasteiger partial charge in [-0.25, -0.2) is 9.97 Å². The molecule has 1 atom stereocenters. The summed E-state index contributed by atoms with van der Waals surface area (Å²) in [6, 6.07) is 11.9. The molecule has 2 aromatic carbocycles. The Morgan fingerprint density at radius 3 is 2.40 bits per heavy atom. The van der Waals surface area contributed by atoms with Crippen molar-refractivity contribution in [3.63, 3.8) is 0 Å². The van der Waals surface area contributed by atoms with Crippen molar-refractivity contribution >= 4 is 35.1 Å². The highest BCUT2D eigenvalue weighted by atomic mass is 35.5. The molecule has 4 aromatic rings. The summed E-state index contributed by atoms with van der Waals surface area (Å²) in [6.45, 7) is 5.92. The number of anilines is 2. The number of ether oxygens (including phenoxy) is 1. The van der Waals surface area contributed by atoms with Crippen LogP contribution in [0, 0.1) is 6.92 Å². The van der Waals surface area contributed by atoms with Crippen LogP contribution in [0.2, 0.25) is 5.02 Å². The molecule has 3 heterocycles. The van der Waals surface area contributed by atoms with E-state index in [4.69, 9.17) is 27.1 Å². The summed E-state index contributed by atoms with van der Waals surface area (Å²) in [7, 11) is 5.24. The summed E-state index contributed by atoms with van der Waals surface area (Å²) >= 11 is 6.23. The maximum atomic E-state index is 14.2. The fourth-order valence-electron chi connectivity index (χ4n) is 5.09. The number of carbonyl (C=O) groups is 2. The van der Waals surface area contributed by atoms with E-state index < -0.39 is 11.9 Å². The largest absolute Gasteiger partial charge is 0.480 e. The lowest BCUT2D eigenvalue weighted by atomic mass is 10.0. The standard InChI is InChI=1S/C29H30ClN7O3/c1-15(2)36-24-22(33-26(36)20-14-32-29(35(4)5)34-27(20)40-6)28(39)37(23(24)17-7-10-19(30)11-8-17)21-12-9-18(25(31)38)13-16(21)3/h7-15,23H,1-6H3,(H2,31,38). The fraction of sp³-hybridized carbons (Fsp3) is 0.276. The average Bonchev–Trinajstić information content (AvgIpc) is 3.43. The van der Waals surface area contributed by atoms with Crippen molar-refractivity contribution in [2.75, 3.05) is 31.0 Å². The lowest BCUT2D eigenvalue weighted by molar-refractivity contribution is 0.0986. The predicted molar refractivity (Wildman–Crippen MR) is 154 cm³/mol. The van der Waals surface area contributed by atoms with Gasteiger partial charge in [-0.05, 0) is 62.2 Å². The zero-order chi connectivity index (χ0) is 28.9. The predicted octanol–water partition coefficient (Wildman–Crippen LogP) is 4.81. The molecule has 2 N–H and O–H groups in total. The maximum Gasteiger partial charge on any atom is 0.279 e. The molecule has 206 valence electrons. The van der Waals surface area contributed by atoms with E-state index in [-0.39, 0.29) is 11.9 Å². The van der Waals surface area contributed by atoms with Crippen molar-refractivity contribution in [1.82, 2.24) is 19.5 Å². The van der Waals surface area contributed by atoms with Gasteiger partial charge in [-0.15, -0.1) is 0 Å². The number of fused-ring (bicyclic) bond motifs is 1. The summed E-state index contributed by atoms with van der Waals surface area (Å²) < 4.78 is 7.67. The zero-order valence-corrected chi connectivity index (χ0v) is 23.9. The number of halogens is 1. The molecule has 0 saturated heterocycles. The first-order valence-corrected chi connectivity index (χ1v) is 13.1. The van der Waals surface area contributed by atoms with Crippen molar-refractivity contribution in [2.24, 2.45) is 5.73 Å². The number of rotatable bonds is 7. The molecule has 0 fully saturated rings. The van der Waals surface area contributed by atoms with Crippen molar-refractivity contribution in [1.29, 1.82) is 0 Å². The number of imidazole rings is 1. The Labute approximate surface area is 237 Å². The first-order chi connectivity index (χ1) is 19.0. The maximum absolute atomic E-state index is 14.2. The SMILES string of the molecule is COc1nc(N(C)C)ncc1-c1nc2c(n1C(C)C)C(c1ccc(Cl)cc1)N(c1ccc(C(N)=O)cc1C)C2=O. The Kier molecular flexibility index (Phi) is 6.97. The lowest BCUT2D eigenvalue weighted by Gasteiger charge is -2.29. The molecule has 0 aliphatic carbocycles. The van der Waals surface area contributed by atoms with Gasteiger partial charge >= 0.3 is 0 Å². The highest BCUT2D eigenvalue weighted by Gasteiger charge is 2.45. The summed E-state index contributed by atoms with van der Waals surface area (Å²) in [4.78, 5) is 43.4. The lowest BCUT2D eigenvalue weighted by Crippen LogP contribution is -2.31. The Bertz CT molecular complexity index is 1630. The molecule has 1 unspecified atom stereocenters. The van der Waals surface area contributed by atoms with Crippen molar-refractivity contribution in [3.05, 3.63) is 81.8 Å². The smallest absolute Gasteiger partial charge is 0.279 e. The van der Waals surface area contributed by atoms with E-state index in [1.807, 2.05) is 51.6 Å². The molecule has 0 bridgehead atoms. The number of methoxy groups -OCH3 is 1. The topological polar surface area (TPSA) is 119 Å². The molecular formula is C29H30ClN7O3. The Morgan fingerprint density at radius 1 is 1.12 bits per heavy atom. The van der Waals surface area contributed by atoms with E-state index in [9.17, 15) is 9.59 Å². The second-order valence-corrected chi connectivity index (χ2v) is 10.6. The van der Waals surface area contributed by atoms with Crippen LogP contribution in [0.15, 0.2) is 48.7 Å². The number of primary amides is 1. The summed E-state index contributed by atoms with van der Waals surface area (Å²) in [6.07, 6.45) is 1.67. The van der Waals surface area contributed by atoms with Gasteiger partial charge in [0.25, 0.3) is 5.91 Å². The minimum atomic E-state index is -0.533. The molecule has 11 heteroatoms. The number of hydrogen-bond acceptors (Lipinski definition) is 7. The van der Waals surface area contributed by atoms with Crippen LogP contribution >= 0.6 is 11.6 Å². The number of hydrogen-bond donors (Lipinski definition) is 1. The second kappa shape index (κ2) is 10.3. The minimum absolute atomic E-state index is 0.0784. The van der Waals surface area contributed by atoms with Gasteiger partial charge in [-0.2, -0.15) is 4.98 Å². The minimum Gasteiger partial charge on any atom is -0.480 e. The molecule has 10 nitrogen and oxygen atoms in total. The summed E-state index contributed by atoms with van der Waals surface area (Å²) in [5, 5.41) is 0.586. The number of nitrogens with two attached hydrogens (primary N) is 1. The third-order valence-corrected chi connectivity index (χ3v) is 7.16. The van der Waals surface area contributed by atoms with Gasteiger partial charge in [0.1, 0.15) is 11.9 Å². The van der Waals surface area contributed by atoms with Gasteiger partial charge < -0.3 is 19.9 Å². The molecule has 2 amide bonds. The zero-order valence-electron chi connectivity index (χ0n) is 23.1. The van der Waals surface area contributed by atoms with Gasteiger partial charge in [0.15, 0.2) is 5.69 Å². The average molecular weight is 560 g/mol. The molecule has 2 aromatic heterocycles. The van der Waals surface area contributed by atoms with Gasteiger partial charge in [0, 0.05) is 42.6 Å². The highest BCUT2D eigenvalue weighted by molar-refractivity contribution is 6.30. The molecule has 0 radical (unpaired) electrons. The number of amides is 2. The molecule has 1 aliphatic heterocycles. The van der Waals surface area contributed by atoms with Crippen molar-refractivity contribution in [2.45, 2.75) is 32.9 Å². The second-order valence-electron chi connectivity index (χ2n) is 10.1. The third kappa shape index (κ3) is 4.44. The fourth-order valence-corrected chi connectivity index (χ4v) is 5.22. The Morgan fingerprint density at radius 2 is 1.82 bits per heavy atom. The molecule has 0 saturated carbocycles. The van der Waals surface area contributed by atoms with Crippen LogP contribution in [-0.4, -0.2) is 52.5 Å². The molecule has 1 aliphatic rings. The van der Waals surface area contributed by atoms with Gasteiger partial charge in [0.2, 0.25) is 17.7 Å². The van der Waals surface area contributed by atoms with E-state index in [0.717, 1.165) is 16.8 Å². The van der Waals surface area contributed by atoms with Crippen LogP contribution < -0.4 is 20.3 Å². The number of carbonyl (C=O) groups excluding carboxylic acids is 2. The van der Waals surface area contributed by atoms with Gasteiger partial charge in [-0.1, -0.05) is 23.7 Å². The number of aryl methyl sites for hydroxylation is 1. The van der Waals surface area contributed by atoms with Gasteiger partial charge in [0.05, 0.1) is 18.4 Å². The number of benzene rings is 2. The van der Waals surface area contributed by atoms with Crippen LogP contribution in [0.25, 0.3) is 11.4 Å². The normalized spacial score (nSPS) is 14.6. The van der Waals surface area contributed by atoms with Crippen LogP contribution in [0.4, 0.5) is 11.6 Å². The van der Waals surface area contributed by atoms with Crippen LogP contribution in [0.3, 0.4) is 0 Å². The van der Waals surface area contributed by atoms with E-state index in [1.54, 1.807) is 53.4 Å². The van der Waals surface area contributed by atoms with Gasteiger partial charge in [-0.3, -0.25) is 14.5 Å². The first kappa shape index (κ1) is 27.1. The summed E-state index contributed by atoms with van der Waals surface area (Å²) in [5.41, 5.74) is 9.75. The third-order valence-electron chi connectivity index (χ3n) is 6.90. The van der Waals surface area contributed by atoms with E-state index in [2.05, 4.69) is 9.97 Å². The monoisotopic (exact) mass is 559 g/mol. The summed E-state index contributed by atoms with van der Waals surface area (Å²) in [5.74, 6) is 0.584. The molecule has 5 rings (SSSR count). The van der Waals surface area contributed by atoms with Crippen molar-refractivity contribution < 1.29 is 14.3 Å². The Balaban J connectivity index is 1.76.